The highest BCUT2D eigenvalue weighted by Crippen LogP contribution is 2.48. The number of hydrogen-bond donors (Lipinski definition) is 0. The third kappa shape index (κ3) is 3.64. The third-order valence-corrected chi connectivity index (χ3v) is 38.4. The second-order valence-electron chi connectivity index (χ2n) is 7.90. The Labute approximate surface area is 194 Å². The van der Waals surface area contributed by atoms with Gasteiger partial charge in [-0.2, -0.15) is 0 Å². The standard InChI is InChI=1S/C12H24O12Si8/c1-9-29-13-25(5)16-30(10-2)17-26(6,14-29)19-32(12-4)21-27(7,15-29)20-31(11-3,18-25)23-28(8,22-30)24-32/h9-12H,1-4H2,5-8H3. The van der Waals surface area contributed by atoms with Crippen molar-refractivity contribution in [2.45, 2.75) is 26.2 Å². The van der Waals surface area contributed by atoms with Crippen LogP contribution < -0.4 is 0 Å². The van der Waals surface area contributed by atoms with E-state index in [2.05, 4.69) is 26.3 Å². The Bertz CT molecular complexity index is 691. The van der Waals surface area contributed by atoms with E-state index in [1.807, 2.05) is 0 Å². The van der Waals surface area contributed by atoms with Crippen LogP contribution >= 0.6 is 0 Å². The highest BCUT2D eigenvalue weighted by atomic mass is 28.6. The van der Waals surface area contributed by atoms with Gasteiger partial charge in [0.1, 0.15) is 0 Å². The maximum atomic E-state index is 6.46. The fraction of sp³-hybridized carbons (Fsp3) is 0.333. The fourth-order valence-corrected chi connectivity index (χ4v) is 45.9. The lowest BCUT2D eigenvalue weighted by molar-refractivity contribution is -0.0117. The van der Waals surface area contributed by atoms with Crippen molar-refractivity contribution in [1.82, 2.24) is 0 Å². The van der Waals surface area contributed by atoms with E-state index in [0.717, 1.165) is 0 Å². The molecule has 0 aromatic rings. The van der Waals surface area contributed by atoms with Crippen LogP contribution in [0.15, 0.2) is 49.1 Å². The highest BCUT2D eigenvalue weighted by molar-refractivity contribution is 7.05. The van der Waals surface area contributed by atoms with Crippen molar-refractivity contribution in [2.75, 3.05) is 0 Å². The van der Waals surface area contributed by atoms with Crippen LogP contribution in [0.1, 0.15) is 0 Å². The van der Waals surface area contributed by atoms with Crippen LogP contribution in [0.3, 0.4) is 0 Å². The molecule has 0 aromatic heterocycles. The molecule has 0 atom stereocenters. The molecular weight excluding hydrogens is 561 g/mol. The van der Waals surface area contributed by atoms with Crippen LogP contribution in [-0.4, -0.2) is 70.4 Å². The van der Waals surface area contributed by atoms with Gasteiger partial charge in [0.2, 0.25) is 0 Å². The van der Waals surface area contributed by atoms with Crippen molar-refractivity contribution in [3.63, 3.8) is 0 Å². The molecule has 0 amide bonds. The molecule has 0 spiro atoms. The second kappa shape index (κ2) is 6.91. The zero-order chi connectivity index (χ0) is 23.3. The first kappa shape index (κ1) is 23.9. The molecule has 0 N–H and O–H groups in total. The lowest BCUT2D eigenvalue weighted by Gasteiger charge is -2.60. The van der Waals surface area contributed by atoms with E-state index in [9.17, 15) is 0 Å². The Morgan fingerprint density at radius 2 is 0.469 bits per heavy atom. The molecule has 6 fully saturated rings. The molecule has 32 heavy (non-hydrogen) atoms. The molecule has 6 aliphatic rings. The highest BCUT2D eigenvalue weighted by Gasteiger charge is 2.79. The summed E-state index contributed by atoms with van der Waals surface area (Å²) in [5.74, 6) is 0. The Morgan fingerprint density at radius 3 is 0.562 bits per heavy atom. The van der Waals surface area contributed by atoms with Crippen LogP contribution in [0.4, 0.5) is 0 Å². The topological polar surface area (TPSA) is 111 Å². The molecule has 0 saturated carbocycles. The largest absolute Gasteiger partial charge is 0.506 e. The van der Waals surface area contributed by atoms with Crippen LogP contribution in [0.25, 0.3) is 0 Å². The molecule has 12 nitrogen and oxygen atoms in total. The first-order valence-corrected chi connectivity index (χ1v) is 25.8. The molecule has 0 aromatic carbocycles. The van der Waals surface area contributed by atoms with Gasteiger partial charge in [0.25, 0.3) is 0 Å². The molecule has 0 unspecified atom stereocenters. The Hall–Kier alpha value is 0.215. The van der Waals surface area contributed by atoms with Gasteiger partial charge in [-0.15, -0.1) is 26.3 Å². The quantitative estimate of drug-likeness (QED) is 0.443. The van der Waals surface area contributed by atoms with E-state index < -0.39 is 70.4 Å². The van der Waals surface area contributed by atoms with Gasteiger partial charge in [-0.25, -0.2) is 0 Å². The van der Waals surface area contributed by atoms with Gasteiger partial charge in [0.15, 0.2) is 0 Å². The summed E-state index contributed by atoms with van der Waals surface area (Å²) in [7, 11) is -30.0. The van der Waals surface area contributed by atoms with Crippen molar-refractivity contribution >= 4 is 70.4 Å². The lowest BCUT2D eigenvalue weighted by Crippen LogP contribution is -2.86. The van der Waals surface area contributed by atoms with Gasteiger partial charge in [-0.3, -0.25) is 0 Å². The predicted octanol–water partition coefficient (Wildman–Crippen LogP) is 1.18. The number of rotatable bonds is 4. The van der Waals surface area contributed by atoms with Gasteiger partial charge < -0.3 is 49.4 Å². The van der Waals surface area contributed by atoms with Gasteiger partial charge in [-0.05, 0) is 22.8 Å². The van der Waals surface area contributed by atoms with E-state index in [-0.39, 0.29) is 0 Å². The normalized spacial score (nSPS) is 58.6. The van der Waals surface area contributed by atoms with Crippen LogP contribution in [-0.2, 0) is 49.4 Å². The summed E-state index contributed by atoms with van der Waals surface area (Å²) in [5.41, 5.74) is 5.81. The third-order valence-electron chi connectivity index (χ3n) is 4.93. The predicted molar refractivity (Wildman–Crippen MR) is 123 cm³/mol. The first-order valence-electron chi connectivity index (χ1n) is 9.69. The maximum Gasteiger partial charge on any atom is 0.506 e. The zero-order valence-electron chi connectivity index (χ0n) is 18.0. The number of hydrogen-bond acceptors (Lipinski definition) is 12. The molecule has 0 aliphatic carbocycles. The summed E-state index contributed by atoms with van der Waals surface area (Å²) in [6, 6.07) is 0. The van der Waals surface area contributed by atoms with Gasteiger partial charge >= 0.3 is 70.4 Å². The molecule has 6 aliphatic heterocycles. The minimum atomic E-state index is -3.79. The van der Waals surface area contributed by atoms with Crippen molar-refractivity contribution in [3.05, 3.63) is 49.1 Å². The zero-order valence-corrected chi connectivity index (χ0v) is 26.0. The molecule has 6 rings (SSSR count). The SMILES string of the molecule is C=C[Si]12O[Si]3(C)O[Si]4(C=C)O[Si](C)(O1)O[Si]1(C=C)O[Si](C)(O2)O[Si](C=C)(O3)O[Si](C)(O4)O1. The van der Waals surface area contributed by atoms with E-state index in [1.54, 1.807) is 26.2 Å². The monoisotopic (exact) mass is 584 g/mol. The molecule has 6 saturated heterocycles. The molecule has 176 valence electrons. The van der Waals surface area contributed by atoms with E-state index in [4.69, 9.17) is 49.4 Å². The van der Waals surface area contributed by atoms with Crippen LogP contribution in [0, 0.1) is 0 Å². The van der Waals surface area contributed by atoms with E-state index in [1.165, 1.54) is 22.8 Å². The minimum Gasteiger partial charge on any atom is -0.370 e. The molecule has 20 heteroatoms. The molecule has 6 heterocycles. The minimum absolute atomic E-state index is 1.45. The Morgan fingerprint density at radius 1 is 0.344 bits per heavy atom. The van der Waals surface area contributed by atoms with Crippen LogP contribution in [0.2, 0.25) is 26.2 Å². The maximum absolute atomic E-state index is 6.46. The smallest absolute Gasteiger partial charge is 0.370 e. The van der Waals surface area contributed by atoms with Crippen molar-refractivity contribution in [1.29, 1.82) is 0 Å². The van der Waals surface area contributed by atoms with Crippen molar-refractivity contribution < 1.29 is 49.4 Å². The van der Waals surface area contributed by atoms with E-state index in [0.29, 0.717) is 0 Å². The van der Waals surface area contributed by atoms with Crippen molar-refractivity contribution in [3.8, 4) is 0 Å². The Kier molecular flexibility index (Phi) is 5.17. The summed E-state index contributed by atoms with van der Waals surface area (Å²) < 4.78 is 77.5. The summed E-state index contributed by atoms with van der Waals surface area (Å²) in [5, 5.41) is 0. The van der Waals surface area contributed by atoms with Crippen molar-refractivity contribution in [2.24, 2.45) is 0 Å². The molecule has 0 radical (unpaired) electrons. The average molecular weight is 585 g/mol. The van der Waals surface area contributed by atoms with E-state index >= 15 is 0 Å². The lowest BCUT2D eigenvalue weighted by atomic mass is 11.3. The molecule has 8 bridgehead atoms. The Balaban J connectivity index is 1.85. The van der Waals surface area contributed by atoms with Gasteiger partial charge in [0.05, 0.1) is 0 Å². The fourth-order valence-electron chi connectivity index (χ4n) is 4.10. The first-order chi connectivity index (χ1) is 14.7. The van der Waals surface area contributed by atoms with Crippen LogP contribution in [0.5, 0.6) is 0 Å². The average Bonchev–Trinajstić information content (AvgIpc) is 2.61. The summed E-state index contributed by atoms with van der Waals surface area (Å²) in [6.07, 6.45) is 0. The molecular formula is C12H24O12Si8. The summed E-state index contributed by atoms with van der Waals surface area (Å²) in [6.45, 7) is 22.2. The van der Waals surface area contributed by atoms with Gasteiger partial charge in [-0.1, -0.05) is 0 Å². The van der Waals surface area contributed by atoms with Gasteiger partial charge in [0, 0.05) is 26.2 Å². The summed E-state index contributed by atoms with van der Waals surface area (Å²) >= 11 is 0. The summed E-state index contributed by atoms with van der Waals surface area (Å²) in [4.78, 5) is 0. The second-order valence-corrected chi connectivity index (χ2v) is 31.1.